The van der Waals surface area contributed by atoms with Crippen LogP contribution in [-0.2, 0) is 35.1 Å². The van der Waals surface area contributed by atoms with Gasteiger partial charge in [-0.25, -0.2) is 4.57 Å². The second-order valence-corrected chi connectivity index (χ2v) is 7.13. The number of aromatic hydroxyl groups is 1. The van der Waals surface area contributed by atoms with E-state index in [0.29, 0.717) is 22.6 Å². The number of hydrogen-bond donors (Lipinski definition) is 2. The molecule has 0 fully saturated rings. The molecule has 0 spiro atoms. The van der Waals surface area contributed by atoms with E-state index >= 15 is 0 Å². The van der Waals surface area contributed by atoms with Crippen molar-refractivity contribution in [3.8, 4) is 11.5 Å². The molecular weight excluding hydrogens is 339 g/mol. The minimum atomic E-state index is -2.72. The molecule has 0 saturated carbocycles. The predicted molar refractivity (Wildman–Crippen MR) is 96.0 cm³/mol. The highest BCUT2D eigenvalue weighted by Gasteiger charge is 2.16. The normalized spacial score (nSPS) is 14.8. The molecule has 1 atom stereocenters. The lowest BCUT2D eigenvalue weighted by atomic mass is 9.91. The van der Waals surface area contributed by atoms with Gasteiger partial charge < -0.3 is 15.4 Å². The number of benzene rings is 1. The standard InChI is InChI=1S/C18H23N2O4P/c1-12-18(21)16(9-19)14(10-20-12)11-23-25(22)24-17-8-4-6-13-5-2-3-7-15(13)17/h4,6,8,10,21,25H,2-3,5,7,9,11,19H2,1H3. The van der Waals surface area contributed by atoms with Crippen molar-refractivity contribution in [3.63, 3.8) is 0 Å². The molecule has 1 aliphatic rings. The molecule has 25 heavy (non-hydrogen) atoms. The summed E-state index contributed by atoms with van der Waals surface area (Å²) in [4.78, 5) is 4.09. The van der Waals surface area contributed by atoms with Crippen LogP contribution >= 0.6 is 8.25 Å². The van der Waals surface area contributed by atoms with Crippen LogP contribution in [0.4, 0.5) is 0 Å². The third-order valence-electron chi connectivity index (χ3n) is 4.53. The number of nitrogens with two attached hydrogens (primary N) is 1. The van der Waals surface area contributed by atoms with E-state index < -0.39 is 8.25 Å². The summed E-state index contributed by atoms with van der Waals surface area (Å²) < 4.78 is 23.2. The molecule has 3 rings (SSSR count). The Labute approximate surface area is 147 Å². The van der Waals surface area contributed by atoms with Crippen molar-refractivity contribution < 1.29 is 18.7 Å². The van der Waals surface area contributed by atoms with Crippen molar-refractivity contribution in [2.24, 2.45) is 5.73 Å². The molecule has 134 valence electrons. The second-order valence-electron chi connectivity index (χ2n) is 6.14. The first-order chi connectivity index (χ1) is 12.1. The number of nitrogens with zero attached hydrogens (tertiary/aromatic N) is 1. The van der Waals surface area contributed by atoms with Crippen LogP contribution in [0.5, 0.6) is 11.5 Å². The molecule has 6 nitrogen and oxygen atoms in total. The van der Waals surface area contributed by atoms with E-state index in [1.165, 1.54) is 12.0 Å². The zero-order valence-electron chi connectivity index (χ0n) is 14.2. The third kappa shape index (κ3) is 4.03. The van der Waals surface area contributed by atoms with Gasteiger partial charge >= 0.3 is 8.25 Å². The minimum Gasteiger partial charge on any atom is -0.506 e. The lowest BCUT2D eigenvalue weighted by Gasteiger charge is -2.19. The first-order valence-electron chi connectivity index (χ1n) is 8.42. The largest absolute Gasteiger partial charge is 0.506 e. The Morgan fingerprint density at radius 1 is 1.32 bits per heavy atom. The van der Waals surface area contributed by atoms with Crippen LogP contribution in [0.1, 0.15) is 40.8 Å². The molecule has 3 N–H and O–H groups in total. The Balaban J connectivity index is 1.68. The number of aromatic nitrogens is 1. The van der Waals surface area contributed by atoms with Gasteiger partial charge in [-0.05, 0) is 49.8 Å². The van der Waals surface area contributed by atoms with Gasteiger partial charge in [0, 0.05) is 23.9 Å². The summed E-state index contributed by atoms with van der Waals surface area (Å²) in [5.74, 6) is 0.700. The monoisotopic (exact) mass is 362 g/mol. The number of pyridine rings is 1. The minimum absolute atomic E-state index is 0.0280. The molecule has 0 amide bonds. The van der Waals surface area contributed by atoms with Gasteiger partial charge in [0.25, 0.3) is 0 Å². The maximum Gasteiger partial charge on any atom is 0.368 e. The average molecular weight is 362 g/mol. The van der Waals surface area contributed by atoms with Crippen LogP contribution in [0.3, 0.4) is 0 Å². The highest BCUT2D eigenvalue weighted by Crippen LogP contribution is 2.36. The maximum absolute atomic E-state index is 12.2. The van der Waals surface area contributed by atoms with Gasteiger partial charge in [0.2, 0.25) is 0 Å². The maximum atomic E-state index is 12.2. The van der Waals surface area contributed by atoms with Crippen LogP contribution in [0, 0.1) is 6.92 Å². The van der Waals surface area contributed by atoms with Gasteiger partial charge in [0.05, 0.1) is 12.3 Å². The predicted octanol–water partition coefficient (Wildman–Crippen LogP) is 3.42. The van der Waals surface area contributed by atoms with Crippen molar-refractivity contribution in [2.75, 3.05) is 0 Å². The quantitative estimate of drug-likeness (QED) is 0.765. The van der Waals surface area contributed by atoms with Crippen molar-refractivity contribution in [1.82, 2.24) is 4.98 Å². The fourth-order valence-corrected chi connectivity index (χ4v) is 3.84. The summed E-state index contributed by atoms with van der Waals surface area (Å²) in [6, 6.07) is 5.84. The molecular formula is C18H23N2O4P. The molecule has 0 aliphatic heterocycles. The number of aryl methyl sites for hydroxylation is 2. The van der Waals surface area contributed by atoms with Crippen LogP contribution in [0.2, 0.25) is 0 Å². The van der Waals surface area contributed by atoms with Crippen LogP contribution in [-0.4, -0.2) is 10.1 Å². The van der Waals surface area contributed by atoms with Crippen LogP contribution in [0.15, 0.2) is 24.4 Å². The van der Waals surface area contributed by atoms with Gasteiger partial charge in [-0.1, -0.05) is 12.1 Å². The molecule has 1 heterocycles. The van der Waals surface area contributed by atoms with E-state index in [4.69, 9.17) is 14.8 Å². The van der Waals surface area contributed by atoms with Crippen LogP contribution in [0.25, 0.3) is 0 Å². The topological polar surface area (TPSA) is 94.7 Å². The van der Waals surface area contributed by atoms with Crippen molar-refractivity contribution in [2.45, 2.75) is 45.8 Å². The van der Waals surface area contributed by atoms with E-state index in [9.17, 15) is 9.67 Å². The van der Waals surface area contributed by atoms with E-state index in [2.05, 4.69) is 11.1 Å². The molecule has 0 bridgehead atoms. The first-order valence-corrected chi connectivity index (χ1v) is 9.64. The number of rotatable bonds is 6. The summed E-state index contributed by atoms with van der Waals surface area (Å²) in [6.07, 6.45) is 5.84. The van der Waals surface area contributed by atoms with Crippen molar-refractivity contribution >= 4 is 8.25 Å². The SMILES string of the molecule is Cc1ncc(CO[PH](=O)Oc2cccc3c2CCCC3)c(CN)c1O. The van der Waals surface area contributed by atoms with Gasteiger partial charge in [-0.15, -0.1) is 0 Å². The molecule has 1 aromatic carbocycles. The molecule has 0 saturated heterocycles. The smallest absolute Gasteiger partial charge is 0.368 e. The van der Waals surface area contributed by atoms with Crippen LogP contribution < -0.4 is 10.3 Å². The molecule has 7 heteroatoms. The number of fused-ring (bicyclic) bond motifs is 1. The summed E-state index contributed by atoms with van der Waals surface area (Å²) in [6.45, 7) is 1.88. The van der Waals surface area contributed by atoms with Crippen molar-refractivity contribution in [1.29, 1.82) is 0 Å². The lowest BCUT2D eigenvalue weighted by Crippen LogP contribution is -2.06. The summed E-state index contributed by atoms with van der Waals surface area (Å²) in [5, 5.41) is 10.0. The summed E-state index contributed by atoms with van der Waals surface area (Å²) >= 11 is 0. The highest BCUT2D eigenvalue weighted by atomic mass is 31.1. The fourth-order valence-electron chi connectivity index (χ4n) is 3.13. The van der Waals surface area contributed by atoms with Gasteiger partial charge in [0.1, 0.15) is 11.5 Å². The van der Waals surface area contributed by atoms with Gasteiger partial charge in [0.15, 0.2) is 0 Å². The molecule has 1 aromatic heterocycles. The Hall–Kier alpha value is -1.88. The Morgan fingerprint density at radius 2 is 2.12 bits per heavy atom. The number of hydrogen-bond acceptors (Lipinski definition) is 6. The zero-order valence-corrected chi connectivity index (χ0v) is 15.2. The Morgan fingerprint density at radius 3 is 2.92 bits per heavy atom. The van der Waals surface area contributed by atoms with E-state index in [0.717, 1.165) is 24.8 Å². The lowest BCUT2D eigenvalue weighted by molar-refractivity contribution is 0.274. The summed E-state index contributed by atoms with van der Waals surface area (Å²) in [7, 11) is -2.72. The highest BCUT2D eigenvalue weighted by molar-refractivity contribution is 7.33. The summed E-state index contributed by atoms with van der Waals surface area (Å²) in [5.41, 5.74) is 9.75. The van der Waals surface area contributed by atoms with E-state index in [-0.39, 0.29) is 18.9 Å². The molecule has 2 aromatic rings. The van der Waals surface area contributed by atoms with E-state index in [1.54, 1.807) is 13.1 Å². The molecule has 0 radical (unpaired) electrons. The fraction of sp³-hybridized carbons (Fsp3) is 0.389. The second kappa shape index (κ2) is 8.00. The Bertz CT molecular complexity index is 795. The molecule has 1 aliphatic carbocycles. The van der Waals surface area contributed by atoms with Gasteiger partial charge in [-0.3, -0.25) is 9.51 Å². The third-order valence-corrected chi connectivity index (χ3v) is 5.29. The first kappa shape index (κ1) is 17.9. The molecule has 1 unspecified atom stereocenters. The van der Waals surface area contributed by atoms with E-state index in [1.807, 2.05) is 12.1 Å². The zero-order chi connectivity index (χ0) is 17.8. The van der Waals surface area contributed by atoms with Crippen molar-refractivity contribution in [3.05, 3.63) is 52.3 Å². The Kier molecular flexibility index (Phi) is 5.74. The average Bonchev–Trinajstić information content (AvgIpc) is 2.63. The van der Waals surface area contributed by atoms with Gasteiger partial charge in [-0.2, -0.15) is 0 Å².